The van der Waals surface area contributed by atoms with Crippen molar-refractivity contribution in [2.45, 2.75) is 55.6 Å². The van der Waals surface area contributed by atoms with Gasteiger partial charge in [0.1, 0.15) is 5.92 Å². The third-order valence-electron chi connectivity index (χ3n) is 8.16. The molecule has 6 rings (SSSR count). The third kappa shape index (κ3) is 6.45. The number of piperidine rings is 1. The summed E-state index contributed by atoms with van der Waals surface area (Å²) >= 11 is 6.74. The second kappa shape index (κ2) is 12.7. The molecule has 2 fully saturated rings. The molecule has 3 aromatic carbocycles. The summed E-state index contributed by atoms with van der Waals surface area (Å²) in [5.74, 6) is -1.07. The van der Waals surface area contributed by atoms with Gasteiger partial charge in [0, 0.05) is 30.4 Å². The first kappa shape index (κ1) is 29.0. The predicted octanol–water partition coefficient (Wildman–Crippen LogP) is 5.64. The number of ether oxygens (including phenoxy) is 1. The molecule has 42 heavy (non-hydrogen) atoms. The summed E-state index contributed by atoms with van der Waals surface area (Å²) in [4.78, 5) is 20.9. The standard InChI is InChI=1S/C32H35ClN4O4S/c33-28-18-24(12-11-23(28)21-37-15-5-2-6-16-37)35-31(22-8-3-1-4-9-22)30-27-19-26(13-14-29(27)36-32(30)38)42(39,40)34-20-25-10-7-17-41-25/h1,3-4,8-9,11-14,18-19,25,30,34H,2,5-7,10,15-17,20-21H2,(H,36,38). The monoisotopic (exact) mass is 606 g/mol. The van der Waals surface area contributed by atoms with Crippen LogP contribution in [-0.4, -0.2) is 57.3 Å². The Bertz CT molecular complexity index is 1580. The fraction of sp³-hybridized carbons (Fsp3) is 0.375. The van der Waals surface area contributed by atoms with Gasteiger partial charge in [0.25, 0.3) is 0 Å². The molecular weight excluding hydrogens is 572 g/mol. The highest BCUT2D eigenvalue weighted by Gasteiger charge is 2.36. The van der Waals surface area contributed by atoms with E-state index < -0.39 is 15.9 Å². The molecule has 0 saturated carbocycles. The van der Waals surface area contributed by atoms with E-state index in [4.69, 9.17) is 21.3 Å². The predicted molar refractivity (Wildman–Crippen MR) is 165 cm³/mol. The summed E-state index contributed by atoms with van der Waals surface area (Å²) in [6.07, 6.45) is 5.32. The van der Waals surface area contributed by atoms with E-state index in [0.717, 1.165) is 43.6 Å². The van der Waals surface area contributed by atoms with Gasteiger partial charge in [0.05, 0.1) is 22.4 Å². The van der Waals surface area contributed by atoms with Gasteiger partial charge in [0.15, 0.2) is 0 Å². The Kier molecular flexibility index (Phi) is 8.74. The number of carbonyl (C=O) groups is 1. The SMILES string of the molecule is O=C1Nc2ccc(S(=O)(=O)NCC3CCCO3)cc2C1C(=Nc1ccc(CN2CCCCC2)c(Cl)c1)c1ccccc1. The molecule has 2 saturated heterocycles. The Morgan fingerprint density at radius 1 is 1.02 bits per heavy atom. The average Bonchev–Trinajstić information content (AvgIpc) is 3.64. The van der Waals surface area contributed by atoms with Gasteiger partial charge in [0.2, 0.25) is 15.9 Å². The van der Waals surface area contributed by atoms with Gasteiger partial charge in [-0.05, 0) is 85.8 Å². The maximum absolute atomic E-state index is 13.4. The lowest BCUT2D eigenvalue weighted by Crippen LogP contribution is -2.31. The van der Waals surface area contributed by atoms with E-state index >= 15 is 0 Å². The molecule has 10 heteroatoms. The highest BCUT2D eigenvalue weighted by Crippen LogP contribution is 2.38. The van der Waals surface area contributed by atoms with E-state index in [1.54, 1.807) is 12.1 Å². The van der Waals surface area contributed by atoms with Crippen LogP contribution in [0.25, 0.3) is 0 Å². The maximum atomic E-state index is 13.4. The van der Waals surface area contributed by atoms with Crippen molar-refractivity contribution < 1.29 is 17.9 Å². The molecule has 3 aromatic rings. The zero-order valence-electron chi connectivity index (χ0n) is 23.4. The van der Waals surface area contributed by atoms with Crippen molar-refractivity contribution in [1.82, 2.24) is 9.62 Å². The number of sulfonamides is 1. The van der Waals surface area contributed by atoms with Crippen LogP contribution in [0.2, 0.25) is 5.02 Å². The quantitative estimate of drug-likeness (QED) is 0.307. The van der Waals surface area contributed by atoms with Crippen LogP contribution in [0.3, 0.4) is 0 Å². The number of fused-ring (bicyclic) bond motifs is 1. The molecule has 2 atom stereocenters. The van der Waals surface area contributed by atoms with Gasteiger partial charge in [-0.1, -0.05) is 54.4 Å². The first-order chi connectivity index (χ1) is 20.4. The number of aliphatic imine (C=N–C) groups is 1. The minimum atomic E-state index is -3.81. The van der Waals surface area contributed by atoms with Crippen molar-refractivity contribution in [3.8, 4) is 0 Å². The molecule has 2 N–H and O–H groups in total. The number of carbonyl (C=O) groups excluding carboxylic acids is 1. The lowest BCUT2D eigenvalue weighted by atomic mass is 9.90. The van der Waals surface area contributed by atoms with Crippen molar-refractivity contribution in [3.05, 3.63) is 88.4 Å². The van der Waals surface area contributed by atoms with Gasteiger partial charge in [-0.15, -0.1) is 0 Å². The Hall–Kier alpha value is -3.08. The molecule has 0 radical (unpaired) electrons. The molecule has 1 amide bonds. The molecule has 220 valence electrons. The second-order valence-corrected chi connectivity index (χ2v) is 13.3. The van der Waals surface area contributed by atoms with Gasteiger partial charge >= 0.3 is 0 Å². The van der Waals surface area contributed by atoms with Crippen LogP contribution >= 0.6 is 11.6 Å². The van der Waals surface area contributed by atoms with Crippen molar-refractivity contribution in [2.24, 2.45) is 4.99 Å². The first-order valence-corrected chi connectivity index (χ1v) is 16.4. The van der Waals surface area contributed by atoms with Crippen LogP contribution < -0.4 is 10.0 Å². The lowest BCUT2D eigenvalue weighted by Gasteiger charge is -2.26. The van der Waals surface area contributed by atoms with Crippen LogP contribution in [0.4, 0.5) is 11.4 Å². The minimum absolute atomic E-state index is 0.0956. The summed E-state index contributed by atoms with van der Waals surface area (Å²) in [6, 6.07) is 20.0. The van der Waals surface area contributed by atoms with E-state index in [1.807, 2.05) is 48.5 Å². The summed E-state index contributed by atoms with van der Waals surface area (Å²) in [5, 5.41) is 3.55. The molecule has 0 spiro atoms. The van der Waals surface area contributed by atoms with E-state index in [0.29, 0.717) is 34.3 Å². The molecule has 0 bridgehead atoms. The number of halogens is 1. The summed E-state index contributed by atoms with van der Waals surface area (Å²) in [6.45, 7) is 3.81. The van der Waals surface area contributed by atoms with E-state index in [-0.39, 0.29) is 23.5 Å². The Morgan fingerprint density at radius 3 is 2.57 bits per heavy atom. The Balaban J connectivity index is 1.33. The summed E-state index contributed by atoms with van der Waals surface area (Å²) in [7, 11) is -3.81. The highest BCUT2D eigenvalue weighted by atomic mass is 35.5. The molecule has 3 aliphatic rings. The van der Waals surface area contributed by atoms with Crippen molar-refractivity contribution in [2.75, 3.05) is 31.6 Å². The van der Waals surface area contributed by atoms with E-state index in [9.17, 15) is 13.2 Å². The smallest absolute Gasteiger partial charge is 0.240 e. The number of hydrogen-bond donors (Lipinski definition) is 2. The number of nitrogens with one attached hydrogen (secondary N) is 2. The van der Waals surface area contributed by atoms with Crippen molar-refractivity contribution >= 4 is 44.6 Å². The van der Waals surface area contributed by atoms with Crippen LogP contribution in [0.1, 0.15) is 54.7 Å². The zero-order chi connectivity index (χ0) is 29.1. The van der Waals surface area contributed by atoms with Gasteiger partial charge in [-0.25, -0.2) is 13.1 Å². The van der Waals surface area contributed by atoms with Crippen LogP contribution in [0.15, 0.2) is 76.6 Å². The number of nitrogens with zero attached hydrogens (tertiary/aromatic N) is 2. The fourth-order valence-corrected chi connectivity index (χ4v) is 7.24. The van der Waals surface area contributed by atoms with Crippen LogP contribution in [0.5, 0.6) is 0 Å². The normalized spacial score (nSPS) is 21.4. The summed E-state index contributed by atoms with van der Waals surface area (Å²) < 4.78 is 34.6. The Labute approximate surface area is 252 Å². The Morgan fingerprint density at radius 2 is 1.83 bits per heavy atom. The van der Waals surface area contributed by atoms with Crippen molar-refractivity contribution in [1.29, 1.82) is 0 Å². The van der Waals surface area contributed by atoms with E-state index in [2.05, 4.69) is 14.9 Å². The van der Waals surface area contributed by atoms with Gasteiger partial charge in [-0.3, -0.25) is 14.7 Å². The minimum Gasteiger partial charge on any atom is -0.377 e. The zero-order valence-corrected chi connectivity index (χ0v) is 25.0. The molecular formula is C32H35ClN4O4S. The average molecular weight is 607 g/mol. The molecule has 3 aliphatic heterocycles. The third-order valence-corrected chi connectivity index (χ3v) is 9.93. The molecule has 2 unspecified atom stereocenters. The van der Waals surface area contributed by atoms with Gasteiger partial charge in [-0.2, -0.15) is 0 Å². The lowest BCUT2D eigenvalue weighted by molar-refractivity contribution is -0.115. The highest BCUT2D eigenvalue weighted by molar-refractivity contribution is 7.89. The van der Waals surface area contributed by atoms with Gasteiger partial charge < -0.3 is 10.1 Å². The maximum Gasteiger partial charge on any atom is 0.240 e. The van der Waals surface area contributed by atoms with Crippen molar-refractivity contribution in [3.63, 3.8) is 0 Å². The fourth-order valence-electron chi connectivity index (χ4n) is 5.91. The topological polar surface area (TPSA) is 100 Å². The number of amides is 1. The number of likely N-dealkylation sites (tertiary alicyclic amines) is 1. The molecule has 3 heterocycles. The first-order valence-electron chi connectivity index (χ1n) is 14.6. The van der Waals surface area contributed by atoms with Crippen LogP contribution in [-0.2, 0) is 26.1 Å². The van der Waals surface area contributed by atoms with Crippen LogP contribution in [0, 0.1) is 0 Å². The van der Waals surface area contributed by atoms with E-state index in [1.165, 1.54) is 25.3 Å². The largest absolute Gasteiger partial charge is 0.377 e. The summed E-state index contributed by atoms with van der Waals surface area (Å²) in [5.41, 5.74) is 4.10. The second-order valence-electron chi connectivity index (χ2n) is 11.1. The number of rotatable bonds is 9. The molecule has 8 nitrogen and oxygen atoms in total. The molecule has 0 aromatic heterocycles. The number of benzene rings is 3. The molecule has 0 aliphatic carbocycles. The number of anilines is 1. The number of hydrogen-bond acceptors (Lipinski definition) is 6.